The Balaban J connectivity index is 2.59. The second-order valence-electron chi connectivity index (χ2n) is 6.26. The van der Waals surface area contributed by atoms with Gasteiger partial charge in [0.25, 0.3) is 0 Å². The number of aromatic nitrogens is 2. The fourth-order valence-corrected chi connectivity index (χ4v) is 2.10. The lowest BCUT2D eigenvalue weighted by atomic mass is 9.91. The molecule has 0 bridgehead atoms. The SMILES string of the molecule is CCNc1cc(C(C)(C)C)nc(-c2cc(C)cc(F)c2)n1. The Labute approximate surface area is 125 Å². The lowest BCUT2D eigenvalue weighted by molar-refractivity contribution is 0.568. The van der Waals surface area contributed by atoms with Crippen molar-refractivity contribution in [3.05, 3.63) is 41.3 Å². The first-order valence-corrected chi connectivity index (χ1v) is 7.20. The zero-order chi connectivity index (χ0) is 15.6. The lowest BCUT2D eigenvalue weighted by Gasteiger charge is -2.19. The molecule has 0 saturated carbocycles. The molecule has 0 radical (unpaired) electrons. The number of halogens is 1. The minimum Gasteiger partial charge on any atom is -0.370 e. The van der Waals surface area contributed by atoms with Crippen LogP contribution in [-0.4, -0.2) is 16.5 Å². The smallest absolute Gasteiger partial charge is 0.161 e. The van der Waals surface area contributed by atoms with Gasteiger partial charge < -0.3 is 5.32 Å². The van der Waals surface area contributed by atoms with E-state index in [0.29, 0.717) is 11.4 Å². The summed E-state index contributed by atoms with van der Waals surface area (Å²) in [5, 5.41) is 3.21. The molecule has 21 heavy (non-hydrogen) atoms. The number of benzene rings is 1. The third-order valence-electron chi connectivity index (χ3n) is 3.15. The Hall–Kier alpha value is -1.97. The van der Waals surface area contributed by atoms with Gasteiger partial charge in [0, 0.05) is 23.6 Å². The van der Waals surface area contributed by atoms with Crippen LogP contribution in [0.2, 0.25) is 0 Å². The van der Waals surface area contributed by atoms with Crippen LogP contribution >= 0.6 is 0 Å². The van der Waals surface area contributed by atoms with E-state index >= 15 is 0 Å². The van der Waals surface area contributed by atoms with Gasteiger partial charge in [0.15, 0.2) is 5.82 Å². The topological polar surface area (TPSA) is 37.8 Å². The van der Waals surface area contributed by atoms with Crippen LogP contribution in [0.5, 0.6) is 0 Å². The molecule has 0 saturated heterocycles. The lowest BCUT2D eigenvalue weighted by Crippen LogP contribution is -2.16. The maximum absolute atomic E-state index is 13.6. The van der Waals surface area contributed by atoms with Crippen molar-refractivity contribution < 1.29 is 4.39 Å². The summed E-state index contributed by atoms with van der Waals surface area (Å²) in [5.41, 5.74) is 2.41. The molecule has 0 unspecified atom stereocenters. The molecule has 1 N–H and O–H groups in total. The Morgan fingerprint density at radius 2 is 1.81 bits per heavy atom. The number of aryl methyl sites for hydroxylation is 1. The molecule has 4 heteroatoms. The summed E-state index contributed by atoms with van der Waals surface area (Å²) in [4.78, 5) is 9.12. The van der Waals surface area contributed by atoms with Crippen molar-refractivity contribution in [3.63, 3.8) is 0 Å². The normalized spacial score (nSPS) is 11.5. The van der Waals surface area contributed by atoms with Gasteiger partial charge in [0.05, 0.1) is 5.69 Å². The summed E-state index contributed by atoms with van der Waals surface area (Å²) >= 11 is 0. The summed E-state index contributed by atoms with van der Waals surface area (Å²) in [5.74, 6) is 1.06. The Morgan fingerprint density at radius 1 is 1.10 bits per heavy atom. The van der Waals surface area contributed by atoms with Crippen molar-refractivity contribution in [2.45, 2.75) is 40.0 Å². The minimum atomic E-state index is -0.264. The van der Waals surface area contributed by atoms with Crippen LogP contribution in [0.1, 0.15) is 39.0 Å². The maximum Gasteiger partial charge on any atom is 0.161 e. The molecule has 0 spiro atoms. The molecule has 0 amide bonds. The number of nitrogens with one attached hydrogen (secondary N) is 1. The summed E-state index contributed by atoms with van der Waals surface area (Å²) in [6, 6.07) is 6.84. The highest BCUT2D eigenvalue weighted by Gasteiger charge is 2.18. The minimum absolute atomic E-state index is 0.0930. The fraction of sp³-hybridized carbons (Fsp3) is 0.412. The van der Waals surface area contributed by atoms with Crippen LogP contribution in [-0.2, 0) is 5.41 Å². The van der Waals surface area contributed by atoms with Crippen molar-refractivity contribution >= 4 is 5.82 Å². The van der Waals surface area contributed by atoms with E-state index in [1.807, 2.05) is 26.0 Å². The van der Waals surface area contributed by atoms with Gasteiger partial charge in [-0.3, -0.25) is 0 Å². The van der Waals surface area contributed by atoms with E-state index in [0.717, 1.165) is 23.6 Å². The highest BCUT2D eigenvalue weighted by atomic mass is 19.1. The highest BCUT2D eigenvalue weighted by molar-refractivity contribution is 5.59. The number of hydrogen-bond donors (Lipinski definition) is 1. The molecule has 0 aliphatic rings. The van der Waals surface area contributed by atoms with Gasteiger partial charge in [-0.05, 0) is 37.6 Å². The van der Waals surface area contributed by atoms with Crippen LogP contribution in [0, 0.1) is 12.7 Å². The Morgan fingerprint density at radius 3 is 2.38 bits per heavy atom. The van der Waals surface area contributed by atoms with Crippen molar-refractivity contribution in [3.8, 4) is 11.4 Å². The van der Waals surface area contributed by atoms with Gasteiger partial charge in [-0.1, -0.05) is 20.8 Å². The Kier molecular flexibility index (Phi) is 4.26. The second kappa shape index (κ2) is 5.80. The van der Waals surface area contributed by atoms with Crippen LogP contribution in [0.15, 0.2) is 24.3 Å². The predicted octanol–water partition coefficient (Wildman–Crippen LogP) is 4.32. The number of nitrogens with zero attached hydrogens (tertiary/aromatic N) is 2. The van der Waals surface area contributed by atoms with Gasteiger partial charge in [0.2, 0.25) is 0 Å². The van der Waals surface area contributed by atoms with E-state index in [2.05, 4.69) is 36.1 Å². The fourth-order valence-electron chi connectivity index (χ4n) is 2.10. The third kappa shape index (κ3) is 3.78. The zero-order valence-corrected chi connectivity index (χ0v) is 13.3. The molecule has 2 rings (SSSR count). The first kappa shape index (κ1) is 15.4. The van der Waals surface area contributed by atoms with E-state index in [4.69, 9.17) is 0 Å². The van der Waals surface area contributed by atoms with Gasteiger partial charge >= 0.3 is 0 Å². The van der Waals surface area contributed by atoms with E-state index in [1.54, 1.807) is 0 Å². The number of rotatable bonds is 3. The summed E-state index contributed by atoms with van der Waals surface area (Å²) in [7, 11) is 0. The van der Waals surface area contributed by atoms with Gasteiger partial charge in [0.1, 0.15) is 11.6 Å². The van der Waals surface area contributed by atoms with Crippen molar-refractivity contribution in [2.75, 3.05) is 11.9 Å². The van der Waals surface area contributed by atoms with E-state index in [9.17, 15) is 4.39 Å². The number of anilines is 1. The average molecular weight is 287 g/mol. The quantitative estimate of drug-likeness (QED) is 0.913. The third-order valence-corrected chi connectivity index (χ3v) is 3.15. The van der Waals surface area contributed by atoms with Gasteiger partial charge in [-0.2, -0.15) is 0 Å². The predicted molar refractivity (Wildman–Crippen MR) is 85.0 cm³/mol. The average Bonchev–Trinajstić information content (AvgIpc) is 2.36. The first-order chi connectivity index (χ1) is 9.79. The molecule has 1 heterocycles. The number of hydrogen-bond acceptors (Lipinski definition) is 3. The summed E-state index contributed by atoms with van der Waals surface area (Å²) in [6.07, 6.45) is 0. The van der Waals surface area contributed by atoms with E-state index in [1.165, 1.54) is 12.1 Å². The van der Waals surface area contributed by atoms with Crippen LogP contribution in [0.3, 0.4) is 0 Å². The molecule has 0 fully saturated rings. The highest BCUT2D eigenvalue weighted by Crippen LogP contribution is 2.26. The van der Waals surface area contributed by atoms with Crippen molar-refractivity contribution in [2.24, 2.45) is 0 Å². The molecular formula is C17H22FN3. The molecule has 3 nitrogen and oxygen atoms in total. The molecule has 2 aromatic rings. The van der Waals surface area contributed by atoms with Crippen LogP contribution < -0.4 is 5.32 Å². The standard InChI is InChI=1S/C17H22FN3/c1-6-19-15-10-14(17(3,4)5)20-16(21-15)12-7-11(2)8-13(18)9-12/h7-10H,6H2,1-5H3,(H,19,20,21). The monoisotopic (exact) mass is 287 g/mol. The van der Waals surface area contributed by atoms with Crippen molar-refractivity contribution in [1.82, 2.24) is 9.97 Å². The molecule has 1 aromatic carbocycles. The molecule has 0 aliphatic carbocycles. The van der Waals surface area contributed by atoms with E-state index < -0.39 is 0 Å². The molecule has 0 atom stereocenters. The van der Waals surface area contributed by atoms with Gasteiger partial charge in [-0.15, -0.1) is 0 Å². The van der Waals surface area contributed by atoms with Gasteiger partial charge in [-0.25, -0.2) is 14.4 Å². The van der Waals surface area contributed by atoms with E-state index in [-0.39, 0.29) is 11.2 Å². The largest absolute Gasteiger partial charge is 0.370 e. The van der Waals surface area contributed by atoms with Crippen LogP contribution in [0.4, 0.5) is 10.2 Å². The molecule has 112 valence electrons. The second-order valence-corrected chi connectivity index (χ2v) is 6.26. The maximum atomic E-state index is 13.6. The first-order valence-electron chi connectivity index (χ1n) is 7.20. The zero-order valence-electron chi connectivity index (χ0n) is 13.3. The Bertz CT molecular complexity index is 625. The molecule has 0 aliphatic heterocycles. The summed E-state index contributed by atoms with van der Waals surface area (Å²) < 4.78 is 13.6. The molecule has 1 aromatic heterocycles. The summed E-state index contributed by atoms with van der Waals surface area (Å²) in [6.45, 7) is 11.0. The van der Waals surface area contributed by atoms with Crippen LogP contribution in [0.25, 0.3) is 11.4 Å². The molecular weight excluding hydrogens is 265 g/mol. The van der Waals surface area contributed by atoms with Crippen molar-refractivity contribution in [1.29, 1.82) is 0 Å².